The maximum Gasteiger partial charge on any atom is 0.490 e. The molecule has 2 heterocycles. The molecule has 0 aromatic heterocycles. The van der Waals surface area contributed by atoms with Crippen LogP contribution >= 0.6 is 0 Å². The van der Waals surface area contributed by atoms with Gasteiger partial charge < -0.3 is 46.6 Å². The number of aryl methyl sites for hydroxylation is 2. The van der Waals surface area contributed by atoms with Crippen molar-refractivity contribution < 1.29 is 83.7 Å². The number of aliphatic carboxylic acids is 2. The van der Waals surface area contributed by atoms with Gasteiger partial charge in [0.1, 0.15) is 30.5 Å². The van der Waals surface area contributed by atoms with Gasteiger partial charge in [-0.05, 0) is 106 Å². The summed E-state index contributed by atoms with van der Waals surface area (Å²) in [4.78, 5) is 102. The molecule has 2 fully saturated rings. The molecular formula is C53H63F8N7O10. The lowest BCUT2D eigenvalue weighted by Crippen LogP contribution is -2.55. The molecule has 0 spiro atoms. The molecule has 17 nitrogen and oxygen atoms in total. The zero-order chi connectivity index (χ0) is 58.1. The zero-order valence-corrected chi connectivity index (χ0v) is 43.2. The molecule has 2 aromatic carbocycles. The summed E-state index contributed by atoms with van der Waals surface area (Å²) >= 11 is 0. The number of carboxylic acids is 2. The monoisotopic (exact) mass is 1110 g/mol. The van der Waals surface area contributed by atoms with Crippen LogP contribution in [-0.2, 0) is 51.2 Å². The predicted octanol–water partition coefficient (Wildman–Crippen LogP) is 4.38. The molecule has 10 atom stereocenters. The number of hydrogen-bond acceptors (Lipinski definition) is 10. The Labute approximate surface area is 445 Å². The molecule has 25 heteroatoms. The van der Waals surface area contributed by atoms with E-state index in [1.54, 1.807) is 27.9 Å². The van der Waals surface area contributed by atoms with Crippen LogP contribution in [0.3, 0.4) is 0 Å². The third-order valence-electron chi connectivity index (χ3n) is 13.6. The SMILES string of the molecule is CN[C@@H](C)C(=O)N[C@@H](CC#CC#CC[C@H](NC(=O)[C@H](C)NC)C(=O)N1C[C@@H](F)C[C@H]1C(=O)N[C@@H]1CCCc2ccccc21)C(=O)N1C[C@H](F)C[C@H]1C(=O)C[C@@H]1CCCc2ccccc21.O=C(O)C(F)(F)F.O=C(O)C(F)(F)F. The van der Waals surface area contributed by atoms with Crippen molar-refractivity contribution in [1.82, 2.24) is 36.4 Å². The van der Waals surface area contributed by atoms with Gasteiger partial charge in [-0.25, -0.2) is 18.4 Å². The number of likely N-dealkylation sites (tertiary alicyclic amines) is 2. The highest BCUT2D eigenvalue weighted by molar-refractivity contribution is 5.95. The molecule has 0 bridgehead atoms. The van der Waals surface area contributed by atoms with Gasteiger partial charge in [-0.3, -0.25) is 28.8 Å². The summed E-state index contributed by atoms with van der Waals surface area (Å²) in [6.07, 6.45) is -8.45. The Balaban J connectivity index is 0.000000826. The highest BCUT2D eigenvalue weighted by atomic mass is 19.4. The third-order valence-corrected chi connectivity index (χ3v) is 13.6. The summed E-state index contributed by atoms with van der Waals surface area (Å²) < 4.78 is 93.6. The van der Waals surface area contributed by atoms with Crippen molar-refractivity contribution in [3.63, 3.8) is 0 Å². The lowest BCUT2D eigenvalue weighted by Gasteiger charge is -2.31. The van der Waals surface area contributed by atoms with Gasteiger partial charge in [-0.15, -0.1) is 0 Å². The van der Waals surface area contributed by atoms with E-state index in [1.165, 1.54) is 15.4 Å². The summed E-state index contributed by atoms with van der Waals surface area (Å²) in [5.41, 5.74) is 4.45. The number of carbonyl (C=O) groups is 8. The van der Waals surface area contributed by atoms with Crippen LogP contribution < -0.4 is 26.6 Å². The number of nitrogens with one attached hydrogen (secondary N) is 5. The number of fused-ring (bicyclic) bond motifs is 2. The average Bonchev–Trinajstić information content (AvgIpc) is 4.05. The Morgan fingerprint density at radius 3 is 1.51 bits per heavy atom. The van der Waals surface area contributed by atoms with Crippen LogP contribution in [-0.4, -0.2) is 155 Å². The van der Waals surface area contributed by atoms with Crippen LogP contribution in [0, 0.1) is 23.7 Å². The average molecular weight is 1110 g/mol. The van der Waals surface area contributed by atoms with Crippen LogP contribution in [0.5, 0.6) is 0 Å². The summed E-state index contributed by atoms with van der Waals surface area (Å²) in [5, 5.41) is 28.4. The van der Waals surface area contributed by atoms with E-state index in [9.17, 15) is 55.1 Å². The van der Waals surface area contributed by atoms with Crippen molar-refractivity contribution in [2.45, 2.75) is 157 Å². The highest BCUT2D eigenvalue weighted by Crippen LogP contribution is 2.36. The molecule has 0 saturated carbocycles. The molecule has 4 aliphatic rings. The number of amides is 5. The summed E-state index contributed by atoms with van der Waals surface area (Å²) in [6, 6.07) is 9.68. The second kappa shape index (κ2) is 29.0. The van der Waals surface area contributed by atoms with Crippen molar-refractivity contribution in [2.24, 2.45) is 0 Å². The van der Waals surface area contributed by atoms with E-state index in [2.05, 4.69) is 56.3 Å². The molecule has 7 N–H and O–H groups in total. The first-order chi connectivity index (χ1) is 36.7. The van der Waals surface area contributed by atoms with E-state index in [-0.39, 0.29) is 62.9 Å². The number of alkyl halides is 8. The molecule has 2 saturated heterocycles. The second-order valence-corrected chi connectivity index (χ2v) is 19.1. The fourth-order valence-electron chi connectivity index (χ4n) is 9.28. The topological polar surface area (TPSA) is 244 Å². The number of benzene rings is 2. The van der Waals surface area contributed by atoms with Gasteiger partial charge in [0.15, 0.2) is 5.78 Å². The Hall–Kier alpha value is -7.12. The van der Waals surface area contributed by atoms with Crippen LogP contribution in [0.1, 0.15) is 106 Å². The van der Waals surface area contributed by atoms with E-state index < -0.39 is 102 Å². The number of rotatable bonds is 15. The molecular weight excluding hydrogens is 1050 g/mol. The maximum atomic E-state index is 15.1. The van der Waals surface area contributed by atoms with E-state index >= 15 is 8.78 Å². The molecule has 2 aliphatic carbocycles. The molecule has 78 heavy (non-hydrogen) atoms. The first kappa shape index (κ1) is 63.4. The largest absolute Gasteiger partial charge is 0.490 e. The van der Waals surface area contributed by atoms with Crippen molar-refractivity contribution in [3.05, 3.63) is 70.8 Å². The number of Topliss-reactive ketones (excluding diaryl/α,β-unsaturated/α-hetero) is 1. The van der Waals surface area contributed by atoms with E-state index in [1.807, 2.05) is 42.5 Å². The van der Waals surface area contributed by atoms with Crippen LogP contribution in [0.15, 0.2) is 48.5 Å². The standard InChI is InChI=1S/C49H61F2N7O6.2C2HF3O2/c1-30(52-3)45(60)55-40(48(63)57-28-35(50)26-42(57)44(59)25-34-19-13-17-32-15-9-11-20-37(32)34)22-7-5-6-8-23-41(56-46(61)31(2)53-4)49(64)58-29-36(51)27-43(58)47(62)54-39-24-14-18-33-16-10-12-21-38(33)39;2*3-2(4,5)1(6)7/h9-12,15-16,20-21,30-31,34-36,39-43,52-53H,13-14,17-19,22-29H2,1-4H3,(H,54,62)(H,55,60)(H,56,61);2*(H,6,7)/t30-,31-,34-,35+,36-,39+,40-,41-,42-,43-;;/m0../s1. The van der Waals surface area contributed by atoms with Crippen LogP contribution in [0.25, 0.3) is 0 Å². The Morgan fingerprint density at radius 2 is 1.05 bits per heavy atom. The van der Waals surface area contributed by atoms with Gasteiger partial charge in [0.25, 0.3) is 0 Å². The number of carboxylic acid groups (broad SMARTS) is 2. The van der Waals surface area contributed by atoms with Gasteiger partial charge in [0.05, 0.1) is 37.3 Å². The van der Waals surface area contributed by atoms with Crippen molar-refractivity contribution in [1.29, 1.82) is 0 Å². The summed E-state index contributed by atoms with van der Waals surface area (Å²) in [6.45, 7) is 2.61. The Morgan fingerprint density at radius 1 is 0.641 bits per heavy atom. The summed E-state index contributed by atoms with van der Waals surface area (Å²) in [7, 11) is 3.18. The minimum Gasteiger partial charge on any atom is -0.475 e. The predicted molar refractivity (Wildman–Crippen MR) is 265 cm³/mol. The third kappa shape index (κ3) is 18.2. The van der Waals surface area contributed by atoms with Crippen molar-refractivity contribution >= 4 is 47.3 Å². The zero-order valence-electron chi connectivity index (χ0n) is 43.2. The first-order valence-corrected chi connectivity index (χ1v) is 25.1. The van der Waals surface area contributed by atoms with Gasteiger partial charge in [-0.1, -0.05) is 60.4 Å². The highest BCUT2D eigenvalue weighted by Gasteiger charge is 2.45. The van der Waals surface area contributed by atoms with Crippen LogP contribution in [0.2, 0.25) is 0 Å². The molecule has 0 radical (unpaired) electrons. The second-order valence-electron chi connectivity index (χ2n) is 19.1. The quantitative estimate of drug-likeness (QED) is 0.0972. The van der Waals surface area contributed by atoms with Gasteiger partial charge in [0, 0.05) is 32.1 Å². The van der Waals surface area contributed by atoms with Crippen molar-refractivity contribution in [2.75, 3.05) is 27.2 Å². The molecule has 5 amide bonds. The number of ketones is 1. The Bertz CT molecular complexity index is 2440. The molecule has 0 unspecified atom stereocenters. The number of halogens is 8. The molecule has 2 aliphatic heterocycles. The van der Waals surface area contributed by atoms with E-state index in [0.29, 0.717) is 6.42 Å². The molecule has 6 rings (SSSR count). The minimum atomic E-state index is -5.08. The fourth-order valence-corrected chi connectivity index (χ4v) is 9.28. The first-order valence-electron chi connectivity index (χ1n) is 25.1. The molecule has 2 aromatic rings. The van der Waals surface area contributed by atoms with E-state index in [0.717, 1.165) is 48.8 Å². The normalized spacial score (nSPS) is 21.9. The number of hydrogen-bond donors (Lipinski definition) is 7. The van der Waals surface area contributed by atoms with Gasteiger partial charge in [-0.2, -0.15) is 26.3 Å². The lowest BCUT2D eigenvalue weighted by molar-refractivity contribution is -0.193. The number of likely N-dealkylation sites (N-methyl/N-ethyl adjacent to an activating group) is 2. The summed E-state index contributed by atoms with van der Waals surface area (Å²) in [5.74, 6) is 2.39. The van der Waals surface area contributed by atoms with Crippen LogP contribution in [0.4, 0.5) is 35.1 Å². The molecule has 426 valence electrons. The number of nitrogens with zero attached hydrogens (tertiary/aromatic N) is 2. The van der Waals surface area contributed by atoms with Crippen molar-refractivity contribution in [3.8, 4) is 23.7 Å². The fraction of sp³-hybridized carbons (Fsp3) is 0.547. The Kier molecular flexibility index (Phi) is 23.6. The maximum absolute atomic E-state index is 15.1. The number of carbonyl (C=O) groups excluding carboxylic acids is 6. The van der Waals surface area contributed by atoms with E-state index in [4.69, 9.17) is 19.8 Å². The van der Waals surface area contributed by atoms with Gasteiger partial charge >= 0.3 is 24.3 Å². The minimum absolute atomic E-state index is 0.0266. The smallest absolute Gasteiger partial charge is 0.475 e. The van der Waals surface area contributed by atoms with Gasteiger partial charge in [0.2, 0.25) is 29.5 Å². The lowest BCUT2D eigenvalue weighted by atomic mass is 9.79.